The summed E-state index contributed by atoms with van der Waals surface area (Å²) in [6.45, 7) is 1.54. The molecule has 1 atom stereocenters. The molecule has 1 aliphatic heterocycles. The number of imide groups is 1. The molecule has 1 aliphatic rings. The first-order valence-electron chi connectivity index (χ1n) is 10.1. The fourth-order valence-corrected chi connectivity index (χ4v) is 3.67. The fourth-order valence-electron chi connectivity index (χ4n) is 3.67. The summed E-state index contributed by atoms with van der Waals surface area (Å²) in [5.74, 6) is -1.48. The number of hydrogen-bond donors (Lipinski definition) is 1. The molecule has 2 heterocycles. The van der Waals surface area contributed by atoms with Crippen molar-refractivity contribution in [2.45, 2.75) is 25.9 Å². The van der Waals surface area contributed by atoms with Crippen molar-refractivity contribution in [1.29, 1.82) is 0 Å². The molecule has 32 heavy (non-hydrogen) atoms. The van der Waals surface area contributed by atoms with Gasteiger partial charge in [0.25, 0.3) is 11.8 Å². The maximum atomic E-state index is 13.3. The largest absolute Gasteiger partial charge is 0.459 e. The number of furan rings is 1. The molecule has 1 fully saturated rings. The zero-order valence-corrected chi connectivity index (χ0v) is 17.4. The van der Waals surface area contributed by atoms with Crippen molar-refractivity contribution in [1.82, 2.24) is 4.90 Å². The van der Waals surface area contributed by atoms with Crippen LogP contribution >= 0.6 is 0 Å². The Labute approximate surface area is 184 Å². The Morgan fingerprint density at radius 3 is 2.38 bits per heavy atom. The van der Waals surface area contributed by atoms with E-state index < -0.39 is 23.8 Å². The summed E-state index contributed by atoms with van der Waals surface area (Å²) in [7, 11) is 0. The predicted molar refractivity (Wildman–Crippen MR) is 117 cm³/mol. The Morgan fingerprint density at radius 1 is 1.03 bits per heavy atom. The number of nitrogens with zero attached hydrogens (tertiary/aromatic N) is 2. The summed E-state index contributed by atoms with van der Waals surface area (Å²) < 4.78 is 5.26. The minimum Gasteiger partial charge on any atom is -0.459 e. The van der Waals surface area contributed by atoms with E-state index in [9.17, 15) is 19.2 Å². The third-order valence-electron chi connectivity index (χ3n) is 5.13. The van der Waals surface area contributed by atoms with E-state index in [0.29, 0.717) is 11.4 Å². The summed E-state index contributed by atoms with van der Waals surface area (Å²) in [6, 6.07) is 17.8. The van der Waals surface area contributed by atoms with Crippen LogP contribution in [0.1, 0.15) is 29.5 Å². The van der Waals surface area contributed by atoms with E-state index in [-0.39, 0.29) is 24.6 Å². The highest BCUT2D eigenvalue weighted by Gasteiger charge is 2.45. The lowest BCUT2D eigenvalue weighted by molar-refractivity contribution is -0.122. The summed E-state index contributed by atoms with van der Waals surface area (Å²) >= 11 is 0. The lowest BCUT2D eigenvalue weighted by Gasteiger charge is -2.27. The van der Waals surface area contributed by atoms with E-state index >= 15 is 0 Å². The second-order valence-electron chi connectivity index (χ2n) is 7.41. The average molecular weight is 431 g/mol. The highest BCUT2D eigenvalue weighted by Crippen LogP contribution is 2.28. The van der Waals surface area contributed by atoms with Gasteiger partial charge in [-0.25, -0.2) is 4.90 Å². The molecule has 3 aromatic rings. The van der Waals surface area contributed by atoms with E-state index in [1.807, 2.05) is 30.3 Å². The Morgan fingerprint density at radius 2 is 1.75 bits per heavy atom. The van der Waals surface area contributed by atoms with Crippen LogP contribution in [-0.4, -0.2) is 34.6 Å². The monoisotopic (exact) mass is 431 g/mol. The smallest absolute Gasteiger partial charge is 0.290 e. The normalized spacial score (nSPS) is 15.7. The number of benzene rings is 2. The average Bonchev–Trinajstić information content (AvgIpc) is 3.41. The topological polar surface area (TPSA) is 99.9 Å². The lowest BCUT2D eigenvalue weighted by atomic mass is 10.1. The van der Waals surface area contributed by atoms with Crippen molar-refractivity contribution >= 4 is 35.0 Å². The second-order valence-corrected chi connectivity index (χ2v) is 7.41. The van der Waals surface area contributed by atoms with Gasteiger partial charge < -0.3 is 14.6 Å². The van der Waals surface area contributed by atoms with Crippen LogP contribution in [-0.2, 0) is 20.9 Å². The fraction of sp³-hybridized carbons (Fsp3) is 0.167. The van der Waals surface area contributed by atoms with Crippen LogP contribution in [0.2, 0.25) is 0 Å². The van der Waals surface area contributed by atoms with Crippen molar-refractivity contribution in [2.75, 3.05) is 10.2 Å². The van der Waals surface area contributed by atoms with E-state index in [1.165, 1.54) is 24.2 Å². The molecule has 162 valence electrons. The molecule has 0 radical (unpaired) electrons. The SMILES string of the molecule is CC(=O)Nc1ccc(N2C(=O)CC(N(Cc3ccccc3)C(=O)c3ccco3)C2=O)cc1. The minimum absolute atomic E-state index is 0.0966. The molecule has 1 aromatic heterocycles. The van der Waals surface area contributed by atoms with Crippen LogP contribution in [0.15, 0.2) is 77.4 Å². The maximum Gasteiger partial charge on any atom is 0.290 e. The van der Waals surface area contributed by atoms with Crippen LogP contribution in [0, 0.1) is 0 Å². The van der Waals surface area contributed by atoms with Gasteiger partial charge in [0.1, 0.15) is 6.04 Å². The maximum absolute atomic E-state index is 13.3. The van der Waals surface area contributed by atoms with Crippen LogP contribution in [0.25, 0.3) is 0 Å². The van der Waals surface area contributed by atoms with Gasteiger partial charge in [-0.3, -0.25) is 19.2 Å². The van der Waals surface area contributed by atoms with Crippen LogP contribution in [0.3, 0.4) is 0 Å². The predicted octanol–water partition coefficient (Wildman–Crippen LogP) is 3.21. The van der Waals surface area contributed by atoms with Crippen molar-refractivity contribution < 1.29 is 23.6 Å². The number of anilines is 2. The molecule has 8 nitrogen and oxygen atoms in total. The summed E-state index contributed by atoms with van der Waals surface area (Å²) in [4.78, 5) is 52.9. The minimum atomic E-state index is -0.963. The van der Waals surface area contributed by atoms with Gasteiger partial charge in [-0.05, 0) is 42.0 Å². The first-order valence-corrected chi connectivity index (χ1v) is 10.1. The van der Waals surface area contributed by atoms with Crippen molar-refractivity contribution in [2.24, 2.45) is 0 Å². The molecule has 0 saturated carbocycles. The first kappa shape index (κ1) is 21.0. The highest BCUT2D eigenvalue weighted by atomic mass is 16.3. The van der Waals surface area contributed by atoms with Gasteiger partial charge in [0.05, 0.1) is 18.4 Å². The third kappa shape index (κ3) is 4.29. The standard InChI is InChI=1S/C24H21N3O5/c1-16(28)25-18-9-11-19(12-10-18)27-22(29)14-20(23(27)30)26(15-17-6-3-2-4-7-17)24(31)21-8-5-13-32-21/h2-13,20H,14-15H2,1H3,(H,25,28). The molecule has 8 heteroatoms. The number of carbonyl (C=O) groups is 4. The molecular formula is C24H21N3O5. The molecule has 0 spiro atoms. The molecule has 0 aliphatic carbocycles. The van der Waals surface area contributed by atoms with Crippen molar-refractivity contribution in [3.8, 4) is 0 Å². The van der Waals surface area contributed by atoms with Gasteiger partial charge in [-0.15, -0.1) is 0 Å². The molecule has 4 amide bonds. The highest BCUT2D eigenvalue weighted by molar-refractivity contribution is 6.23. The molecule has 1 saturated heterocycles. The molecular weight excluding hydrogens is 410 g/mol. The van der Waals surface area contributed by atoms with E-state index in [4.69, 9.17) is 4.42 Å². The first-order chi connectivity index (χ1) is 15.4. The van der Waals surface area contributed by atoms with Crippen molar-refractivity contribution in [3.63, 3.8) is 0 Å². The van der Waals surface area contributed by atoms with Gasteiger partial charge in [0.2, 0.25) is 11.8 Å². The van der Waals surface area contributed by atoms with Crippen LogP contribution in [0.4, 0.5) is 11.4 Å². The summed E-state index contributed by atoms with van der Waals surface area (Å²) in [6.07, 6.45) is 1.25. The molecule has 0 bridgehead atoms. The van der Waals surface area contributed by atoms with Gasteiger partial charge in [0, 0.05) is 19.2 Å². The quantitative estimate of drug-likeness (QED) is 0.604. The van der Waals surface area contributed by atoms with Crippen LogP contribution < -0.4 is 10.2 Å². The number of carbonyl (C=O) groups excluding carboxylic acids is 4. The number of amides is 4. The van der Waals surface area contributed by atoms with Crippen molar-refractivity contribution in [3.05, 3.63) is 84.3 Å². The summed E-state index contributed by atoms with van der Waals surface area (Å²) in [5, 5.41) is 2.64. The number of rotatable bonds is 6. The molecule has 1 unspecified atom stereocenters. The van der Waals surface area contributed by atoms with Gasteiger partial charge in [0.15, 0.2) is 5.76 Å². The Kier molecular flexibility index (Phi) is 5.85. The van der Waals surface area contributed by atoms with Gasteiger partial charge >= 0.3 is 0 Å². The Bertz CT molecular complexity index is 1140. The zero-order chi connectivity index (χ0) is 22.7. The van der Waals surface area contributed by atoms with Gasteiger partial charge in [-0.2, -0.15) is 0 Å². The third-order valence-corrected chi connectivity index (χ3v) is 5.13. The van der Waals surface area contributed by atoms with E-state index in [0.717, 1.165) is 10.5 Å². The molecule has 4 rings (SSSR count). The van der Waals surface area contributed by atoms with Crippen LogP contribution in [0.5, 0.6) is 0 Å². The zero-order valence-electron chi connectivity index (χ0n) is 17.4. The Balaban J connectivity index is 1.62. The van der Waals surface area contributed by atoms with Gasteiger partial charge in [-0.1, -0.05) is 30.3 Å². The molecule has 1 N–H and O–H groups in total. The second kappa shape index (κ2) is 8.89. The summed E-state index contributed by atoms with van der Waals surface area (Å²) in [5.41, 5.74) is 1.75. The van der Waals surface area contributed by atoms with E-state index in [1.54, 1.807) is 30.3 Å². The Hall–Kier alpha value is -4.20. The number of hydrogen-bond acceptors (Lipinski definition) is 5. The lowest BCUT2D eigenvalue weighted by Crippen LogP contribution is -2.45. The number of nitrogens with one attached hydrogen (secondary N) is 1. The molecule has 2 aromatic carbocycles. The van der Waals surface area contributed by atoms with E-state index in [2.05, 4.69) is 5.32 Å².